The Morgan fingerprint density at radius 1 is 1.25 bits per heavy atom. The highest BCUT2D eigenvalue weighted by atomic mass is 16.5. The SMILES string of the molecule is CCCNC(=O)CNC(=O)N1CCOCC1. The lowest BCUT2D eigenvalue weighted by Gasteiger charge is -2.26. The van der Waals surface area contributed by atoms with Gasteiger partial charge in [0.05, 0.1) is 19.8 Å². The molecule has 2 N–H and O–H groups in total. The summed E-state index contributed by atoms with van der Waals surface area (Å²) in [5.41, 5.74) is 0. The molecule has 0 aromatic carbocycles. The first kappa shape index (κ1) is 12.8. The van der Waals surface area contributed by atoms with Gasteiger partial charge in [0.25, 0.3) is 0 Å². The van der Waals surface area contributed by atoms with Crippen LogP contribution in [-0.2, 0) is 9.53 Å². The van der Waals surface area contributed by atoms with Gasteiger partial charge >= 0.3 is 6.03 Å². The lowest BCUT2D eigenvalue weighted by Crippen LogP contribution is -2.48. The summed E-state index contributed by atoms with van der Waals surface area (Å²) in [6.07, 6.45) is 0.892. The number of amides is 3. The molecule has 6 nitrogen and oxygen atoms in total. The number of rotatable bonds is 4. The van der Waals surface area contributed by atoms with E-state index in [0.29, 0.717) is 32.8 Å². The summed E-state index contributed by atoms with van der Waals surface area (Å²) < 4.78 is 5.13. The second-order valence-electron chi connectivity index (χ2n) is 3.61. The predicted molar refractivity (Wildman–Crippen MR) is 59.1 cm³/mol. The van der Waals surface area contributed by atoms with E-state index in [0.717, 1.165) is 6.42 Å². The third-order valence-electron chi connectivity index (χ3n) is 2.27. The van der Waals surface area contributed by atoms with E-state index in [2.05, 4.69) is 10.6 Å². The Morgan fingerprint density at radius 2 is 1.94 bits per heavy atom. The van der Waals surface area contributed by atoms with Crippen molar-refractivity contribution in [3.05, 3.63) is 0 Å². The van der Waals surface area contributed by atoms with Gasteiger partial charge in [-0.3, -0.25) is 4.79 Å². The molecular formula is C10H19N3O3. The third kappa shape index (κ3) is 4.48. The zero-order valence-corrected chi connectivity index (χ0v) is 9.62. The Bertz CT molecular complexity index is 239. The predicted octanol–water partition coefficient (Wildman–Crippen LogP) is -0.446. The fourth-order valence-electron chi connectivity index (χ4n) is 1.36. The monoisotopic (exact) mass is 229 g/mol. The van der Waals surface area contributed by atoms with Gasteiger partial charge in [-0.2, -0.15) is 0 Å². The normalized spacial score (nSPS) is 15.7. The van der Waals surface area contributed by atoms with Crippen molar-refractivity contribution in [1.82, 2.24) is 15.5 Å². The van der Waals surface area contributed by atoms with E-state index < -0.39 is 0 Å². The van der Waals surface area contributed by atoms with Crippen LogP contribution < -0.4 is 10.6 Å². The van der Waals surface area contributed by atoms with Crippen molar-refractivity contribution in [2.75, 3.05) is 39.4 Å². The molecule has 1 rings (SSSR count). The minimum absolute atomic E-state index is 0.0379. The first-order valence-electron chi connectivity index (χ1n) is 5.61. The molecule has 0 spiro atoms. The van der Waals surface area contributed by atoms with Gasteiger partial charge in [-0.25, -0.2) is 4.79 Å². The standard InChI is InChI=1S/C10H19N3O3/c1-2-3-11-9(14)8-12-10(15)13-4-6-16-7-5-13/h2-8H2,1H3,(H,11,14)(H,12,15). The summed E-state index contributed by atoms with van der Waals surface area (Å²) in [5, 5.41) is 5.27. The van der Waals surface area contributed by atoms with Crippen LogP contribution in [0, 0.1) is 0 Å². The van der Waals surface area contributed by atoms with Crippen molar-refractivity contribution in [2.45, 2.75) is 13.3 Å². The molecule has 0 bridgehead atoms. The molecule has 0 atom stereocenters. The molecule has 0 unspecified atom stereocenters. The molecule has 16 heavy (non-hydrogen) atoms. The Balaban J connectivity index is 2.15. The van der Waals surface area contributed by atoms with Crippen LogP contribution in [0.15, 0.2) is 0 Å². The summed E-state index contributed by atoms with van der Waals surface area (Å²) in [7, 11) is 0. The molecule has 0 aromatic rings. The van der Waals surface area contributed by atoms with Crippen LogP contribution in [-0.4, -0.2) is 56.2 Å². The zero-order valence-electron chi connectivity index (χ0n) is 9.62. The maximum Gasteiger partial charge on any atom is 0.317 e. The van der Waals surface area contributed by atoms with Crippen LogP contribution >= 0.6 is 0 Å². The van der Waals surface area contributed by atoms with Gasteiger partial charge in [0, 0.05) is 19.6 Å². The number of urea groups is 1. The topological polar surface area (TPSA) is 70.7 Å². The van der Waals surface area contributed by atoms with Crippen molar-refractivity contribution in [1.29, 1.82) is 0 Å². The Hall–Kier alpha value is -1.30. The molecule has 0 aliphatic carbocycles. The molecule has 6 heteroatoms. The summed E-state index contributed by atoms with van der Waals surface area (Å²) in [5.74, 6) is -0.150. The lowest BCUT2D eigenvalue weighted by atomic mass is 10.4. The van der Waals surface area contributed by atoms with Crippen molar-refractivity contribution in [3.63, 3.8) is 0 Å². The van der Waals surface area contributed by atoms with Gasteiger partial charge < -0.3 is 20.3 Å². The molecule has 3 amide bonds. The van der Waals surface area contributed by atoms with Crippen LogP contribution in [0.5, 0.6) is 0 Å². The van der Waals surface area contributed by atoms with Gasteiger partial charge in [-0.1, -0.05) is 6.92 Å². The highest BCUT2D eigenvalue weighted by Crippen LogP contribution is 1.96. The third-order valence-corrected chi connectivity index (χ3v) is 2.27. The largest absolute Gasteiger partial charge is 0.378 e. The average molecular weight is 229 g/mol. The van der Waals surface area contributed by atoms with Crippen LogP contribution in [0.2, 0.25) is 0 Å². The smallest absolute Gasteiger partial charge is 0.317 e. The molecule has 1 heterocycles. The van der Waals surface area contributed by atoms with E-state index in [1.165, 1.54) is 0 Å². The van der Waals surface area contributed by atoms with Gasteiger partial charge in [0.1, 0.15) is 0 Å². The minimum Gasteiger partial charge on any atom is -0.378 e. The van der Waals surface area contributed by atoms with Crippen LogP contribution in [0.25, 0.3) is 0 Å². The van der Waals surface area contributed by atoms with E-state index >= 15 is 0 Å². The Kier molecular flexibility index (Phi) is 5.63. The van der Waals surface area contributed by atoms with Crippen molar-refractivity contribution in [3.8, 4) is 0 Å². The minimum atomic E-state index is -0.199. The quantitative estimate of drug-likeness (QED) is 0.686. The van der Waals surface area contributed by atoms with E-state index in [-0.39, 0.29) is 18.5 Å². The van der Waals surface area contributed by atoms with Crippen LogP contribution in [0.3, 0.4) is 0 Å². The summed E-state index contributed by atoms with van der Waals surface area (Å²) in [6, 6.07) is -0.199. The first-order chi connectivity index (χ1) is 7.74. The maximum atomic E-state index is 11.6. The van der Waals surface area contributed by atoms with E-state index in [1.54, 1.807) is 4.90 Å². The molecule has 1 aliphatic heterocycles. The fraction of sp³-hybridized carbons (Fsp3) is 0.800. The van der Waals surface area contributed by atoms with Crippen LogP contribution in [0.1, 0.15) is 13.3 Å². The fourth-order valence-corrected chi connectivity index (χ4v) is 1.36. The van der Waals surface area contributed by atoms with Gasteiger partial charge in [0.15, 0.2) is 0 Å². The number of morpholine rings is 1. The first-order valence-corrected chi connectivity index (χ1v) is 5.61. The van der Waals surface area contributed by atoms with Crippen molar-refractivity contribution < 1.29 is 14.3 Å². The number of carbonyl (C=O) groups excluding carboxylic acids is 2. The summed E-state index contributed by atoms with van der Waals surface area (Å²) >= 11 is 0. The molecule has 92 valence electrons. The van der Waals surface area contributed by atoms with Gasteiger partial charge in [-0.05, 0) is 6.42 Å². The number of hydrogen-bond acceptors (Lipinski definition) is 3. The molecule has 0 aromatic heterocycles. The molecule has 0 radical (unpaired) electrons. The van der Waals surface area contributed by atoms with Crippen molar-refractivity contribution >= 4 is 11.9 Å². The second-order valence-corrected chi connectivity index (χ2v) is 3.61. The van der Waals surface area contributed by atoms with E-state index in [4.69, 9.17) is 4.74 Å². The average Bonchev–Trinajstić information content (AvgIpc) is 2.34. The number of carbonyl (C=O) groups is 2. The van der Waals surface area contributed by atoms with Gasteiger partial charge in [0.2, 0.25) is 5.91 Å². The Labute approximate surface area is 95.3 Å². The second kappa shape index (κ2) is 7.05. The zero-order chi connectivity index (χ0) is 11.8. The van der Waals surface area contributed by atoms with Crippen LogP contribution in [0.4, 0.5) is 4.79 Å². The molecule has 0 saturated carbocycles. The number of nitrogens with zero attached hydrogens (tertiary/aromatic N) is 1. The summed E-state index contributed by atoms with van der Waals surface area (Å²) in [6.45, 7) is 4.96. The number of nitrogens with one attached hydrogen (secondary N) is 2. The highest BCUT2D eigenvalue weighted by molar-refractivity contribution is 5.83. The summed E-state index contributed by atoms with van der Waals surface area (Å²) in [4.78, 5) is 24.4. The molecular weight excluding hydrogens is 210 g/mol. The highest BCUT2D eigenvalue weighted by Gasteiger charge is 2.16. The maximum absolute atomic E-state index is 11.6. The van der Waals surface area contributed by atoms with E-state index in [1.807, 2.05) is 6.92 Å². The van der Waals surface area contributed by atoms with E-state index in [9.17, 15) is 9.59 Å². The number of hydrogen-bond donors (Lipinski definition) is 2. The molecule has 1 saturated heterocycles. The van der Waals surface area contributed by atoms with Gasteiger partial charge in [-0.15, -0.1) is 0 Å². The molecule has 1 fully saturated rings. The lowest BCUT2D eigenvalue weighted by molar-refractivity contribution is -0.120. The van der Waals surface area contributed by atoms with Crippen molar-refractivity contribution in [2.24, 2.45) is 0 Å². The molecule has 1 aliphatic rings. The number of ether oxygens (including phenoxy) is 1. The Morgan fingerprint density at radius 3 is 2.56 bits per heavy atom.